The molecule has 100 valence electrons. The maximum Gasteiger partial charge on any atom is 0.161 e. The third-order valence-electron chi connectivity index (χ3n) is 3.25. The number of hydrogen-bond donors (Lipinski definition) is 0. The van der Waals surface area contributed by atoms with Gasteiger partial charge in [0.2, 0.25) is 0 Å². The van der Waals surface area contributed by atoms with Gasteiger partial charge < -0.3 is 0 Å². The molecule has 0 unspecified atom stereocenters. The molecule has 0 aliphatic rings. The molecule has 0 fully saturated rings. The molecule has 1 heterocycles. The molecule has 1 aromatic heterocycles. The number of rotatable bonds is 2. The Morgan fingerprint density at radius 2 is 1.90 bits per heavy atom. The van der Waals surface area contributed by atoms with Crippen molar-refractivity contribution < 1.29 is 0 Å². The van der Waals surface area contributed by atoms with Gasteiger partial charge in [-0.3, -0.25) is 0 Å². The van der Waals surface area contributed by atoms with Gasteiger partial charge in [-0.25, -0.2) is 9.97 Å². The summed E-state index contributed by atoms with van der Waals surface area (Å²) in [4.78, 5) is 9.13. The topological polar surface area (TPSA) is 25.8 Å². The van der Waals surface area contributed by atoms with E-state index in [9.17, 15) is 0 Å². The lowest BCUT2D eigenvalue weighted by Gasteiger charge is -2.08. The first-order valence-corrected chi connectivity index (χ1v) is 7.86. The Hall–Kier alpha value is -1.20. The summed E-state index contributed by atoms with van der Waals surface area (Å²) >= 11 is 8.59. The molecule has 0 saturated heterocycles. The molecule has 0 saturated carbocycles. The number of aromatic nitrogens is 2. The summed E-state index contributed by atoms with van der Waals surface area (Å²) in [7, 11) is 0. The van der Waals surface area contributed by atoms with Crippen molar-refractivity contribution in [2.24, 2.45) is 0 Å². The molecule has 4 heteroatoms. The first kappa shape index (κ1) is 13.8. The number of aryl methyl sites for hydroxylation is 1. The van der Waals surface area contributed by atoms with Gasteiger partial charge in [0.1, 0.15) is 5.15 Å². The van der Waals surface area contributed by atoms with Crippen LogP contribution < -0.4 is 0 Å². The predicted molar refractivity (Wildman–Crippen MR) is 92.1 cm³/mol. The van der Waals surface area contributed by atoms with Crippen LogP contribution in [0.25, 0.3) is 22.3 Å². The average Bonchev–Trinajstić information content (AvgIpc) is 2.47. The standard InChI is InChI=1S/C16H12ClIN2/c1-2-10-5-3-4-6-12(10)16-19-14-8-7-11(18)9-13(14)15(17)20-16/h3-9H,2H2,1H3. The molecule has 0 amide bonds. The lowest BCUT2D eigenvalue weighted by molar-refractivity contribution is 1.12. The van der Waals surface area contributed by atoms with E-state index in [4.69, 9.17) is 11.6 Å². The number of fused-ring (bicyclic) bond motifs is 1. The summed E-state index contributed by atoms with van der Waals surface area (Å²) in [6.45, 7) is 2.13. The highest BCUT2D eigenvalue weighted by molar-refractivity contribution is 14.1. The zero-order valence-electron chi connectivity index (χ0n) is 10.9. The minimum absolute atomic E-state index is 0.509. The fourth-order valence-electron chi connectivity index (χ4n) is 2.23. The maximum atomic E-state index is 6.33. The molecule has 0 atom stereocenters. The molecule has 2 nitrogen and oxygen atoms in total. The van der Waals surface area contributed by atoms with Gasteiger partial charge in [-0.15, -0.1) is 0 Å². The molecule has 0 N–H and O–H groups in total. The molecule has 0 bridgehead atoms. The van der Waals surface area contributed by atoms with Crippen LogP contribution in [0.3, 0.4) is 0 Å². The van der Waals surface area contributed by atoms with Crippen molar-refractivity contribution in [1.29, 1.82) is 0 Å². The van der Waals surface area contributed by atoms with Gasteiger partial charge in [0, 0.05) is 14.5 Å². The van der Waals surface area contributed by atoms with E-state index in [1.807, 2.05) is 36.4 Å². The molecule has 0 radical (unpaired) electrons. The number of halogens is 2. The van der Waals surface area contributed by atoms with E-state index in [1.165, 1.54) is 5.56 Å². The quantitative estimate of drug-likeness (QED) is 0.445. The van der Waals surface area contributed by atoms with Gasteiger partial charge in [0.05, 0.1) is 5.52 Å². The van der Waals surface area contributed by atoms with Crippen LogP contribution >= 0.6 is 34.2 Å². The second-order valence-corrected chi connectivity index (χ2v) is 6.11. The lowest BCUT2D eigenvalue weighted by Crippen LogP contribution is -1.95. The predicted octanol–water partition coefficient (Wildman–Crippen LogP) is 5.12. The Balaban J connectivity index is 2.25. The normalized spacial score (nSPS) is 10.9. The van der Waals surface area contributed by atoms with Crippen molar-refractivity contribution in [3.05, 3.63) is 56.8 Å². The zero-order valence-corrected chi connectivity index (χ0v) is 13.8. The van der Waals surface area contributed by atoms with Gasteiger partial charge >= 0.3 is 0 Å². The fourth-order valence-corrected chi connectivity index (χ4v) is 2.95. The summed E-state index contributed by atoms with van der Waals surface area (Å²) in [6, 6.07) is 14.2. The molecule has 3 rings (SSSR count). The van der Waals surface area contributed by atoms with Gasteiger partial charge in [0.15, 0.2) is 5.82 Å². The first-order valence-electron chi connectivity index (χ1n) is 6.40. The van der Waals surface area contributed by atoms with Gasteiger partial charge in [-0.05, 0) is 52.8 Å². The van der Waals surface area contributed by atoms with E-state index in [0.717, 1.165) is 26.5 Å². The summed E-state index contributed by atoms with van der Waals surface area (Å²) in [5.74, 6) is 0.696. The molecular weight excluding hydrogens is 383 g/mol. The number of nitrogens with zero attached hydrogens (tertiary/aromatic N) is 2. The highest BCUT2D eigenvalue weighted by Crippen LogP contribution is 2.27. The highest BCUT2D eigenvalue weighted by atomic mass is 127. The molecule has 0 aliphatic heterocycles. The molecule has 20 heavy (non-hydrogen) atoms. The van der Waals surface area contributed by atoms with E-state index in [2.05, 4.69) is 45.5 Å². The second kappa shape index (κ2) is 5.66. The van der Waals surface area contributed by atoms with Gasteiger partial charge in [-0.2, -0.15) is 0 Å². The minimum atomic E-state index is 0.509. The van der Waals surface area contributed by atoms with Crippen LogP contribution in [-0.2, 0) is 6.42 Å². The molecule has 0 spiro atoms. The highest BCUT2D eigenvalue weighted by Gasteiger charge is 2.10. The Labute approximate surface area is 136 Å². The van der Waals surface area contributed by atoms with Crippen LogP contribution in [0, 0.1) is 3.57 Å². The van der Waals surface area contributed by atoms with Crippen LogP contribution in [0.15, 0.2) is 42.5 Å². The molecule has 3 aromatic rings. The third kappa shape index (κ3) is 2.52. The van der Waals surface area contributed by atoms with Crippen molar-refractivity contribution in [2.45, 2.75) is 13.3 Å². The Morgan fingerprint density at radius 1 is 1.10 bits per heavy atom. The van der Waals surface area contributed by atoms with Crippen molar-refractivity contribution >= 4 is 45.1 Å². The molecule has 0 aliphatic carbocycles. The summed E-state index contributed by atoms with van der Waals surface area (Å²) in [5, 5.41) is 1.41. The van der Waals surface area contributed by atoms with Crippen LogP contribution in [0.1, 0.15) is 12.5 Å². The molecule has 2 aromatic carbocycles. The van der Waals surface area contributed by atoms with Crippen molar-refractivity contribution in [3.8, 4) is 11.4 Å². The van der Waals surface area contributed by atoms with Crippen LogP contribution in [0.5, 0.6) is 0 Å². The fraction of sp³-hybridized carbons (Fsp3) is 0.125. The summed E-state index contributed by atoms with van der Waals surface area (Å²) in [6.07, 6.45) is 0.946. The van der Waals surface area contributed by atoms with E-state index in [-0.39, 0.29) is 0 Å². The van der Waals surface area contributed by atoms with Crippen molar-refractivity contribution in [3.63, 3.8) is 0 Å². The van der Waals surface area contributed by atoms with Crippen LogP contribution in [-0.4, -0.2) is 9.97 Å². The Kier molecular flexibility index (Phi) is 3.89. The van der Waals surface area contributed by atoms with E-state index in [0.29, 0.717) is 11.0 Å². The van der Waals surface area contributed by atoms with Crippen LogP contribution in [0.4, 0.5) is 0 Å². The average molecular weight is 395 g/mol. The second-order valence-electron chi connectivity index (χ2n) is 4.51. The Morgan fingerprint density at radius 3 is 2.70 bits per heavy atom. The zero-order chi connectivity index (χ0) is 14.1. The minimum Gasteiger partial charge on any atom is -0.228 e. The lowest BCUT2D eigenvalue weighted by atomic mass is 10.0. The SMILES string of the molecule is CCc1ccccc1-c1nc(Cl)c2cc(I)ccc2n1. The largest absolute Gasteiger partial charge is 0.228 e. The number of benzene rings is 2. The summed E-state index contributed by atoms with van der Waals surface area (Å²) < 4.78 is 1.13. The van der Waals surface area contributed by atoms with Gasteiger partial charge in [-0.1, -0.05) is 42.8 Å². The van der Waals surface area contributed by atoms with Crippen molar-refractivity contribution in [2.75, 3.05) is 0 Å². The first-order chi connectivity index (χ1) is 9.69. The van der Waals surface area contributed by atoms with E-state index in [1.54, 1.807) is 0 Å². The Bertz CT molecular complexity index is 787. The van der Waals surface area contributed by atoms with Crippen molar-refractivity contribution in [1.82, 2.24) is 9.97 Å². The van der Waals surface area contributed by atoms with Crippen LogP contribution in [0.2, 0.25) is 5.15 Å². The molecular formula is C16H12ClIN2. The van der Waals surface area contributed by atoms with Gasteiger partial charge in [0.25, 0.3) is 0 Å². The van der Waals surface area contributed by atoms with E-state index < -0.39 is 0 Å². The third-order valence-corrected chi connectivity index (χ3v) is 4.21. The maximum absolute atomic E-state index is 6.33. The number of hydrogen-bond acceptors (Lipinski definition) is 2. The van der Waals surface area contributed by atoms with E-state index >= 15 is 0 Å². The monoisotopic (exact) mass is 394 g/mol. The smallest absolute Gasteiger partial charge is 0.161 e. The summed E-state index contributed by atoms with van der Waals surface area (Å²) in [5.41, 5.74) is 3.16.